The SMILES string of the molecule is CCC(c1ccc2c(c1)CCO2)N(Cc1ccc(OCCN2C(=O)CCC2=O)c(OC)c1)CC1CCC(C(=O)O)CC1. The number of ether oxygens (including phenoxy) is 3. The molecule has 3 aliphatic rings. The van der Waals surface area contributed by atoms with E-state index in [9.17, 15) is 19.5 Å². The van der Waals surface area contributed by atoms with Crippen LogP contribution in [0.3, 0.4) is 0 Å². The normalized spacial score (nSPS) is 20.9. The molecule has 1 saturated carbocycles. The molecule has 0 bridgehead atoms. The molecule has 1 aliphatic carbocycles. The zero-order valence-electron chi connectivity index (χ0n) is 24.7. The molecule has 2 aromatic rings. The first-order chi connectivity index (χ1) is 20.4. The Kier molecular flexibility index (Phi) is 9.67. The second-order valence-corrected chi connectivity index (χ2v) is 11.6. The summed E-state index contributed by atoms with van der Waals surface area (Å²) >= 11 is 0. The van der Waals surface area contributed by atoms with Crippen molar-refractivity contribution in [2.45, 2.75) is 70.9 Å². The fraction of sp³-hybridized carbons (Fsp3) is 0.545. The van der Waals surface area contributed by atoms with Gasteiger partial charge in [0.25, 0.3) is 0 Å². The van der Waals surface area contributed by atoms with Gasteiger partial charge in [-0.05, 0) is 72.9 Å². The number of carboxylic acid groups (broad SMARTS) is 1. The maximum absolute atomic E-state index is 11.9. The van der Waals surface area contributed by atoms with Crippen LogP contribution in [0.25, 0.3) is 0 Å². The van der Waals surface area contributed by atoms with Crippen LogP contribution in [-0.4, -0.2) is 66.1 Å². The molecule has 0 spiro atoms. The summed E-state index contributed by atoms with van der Waals surface area (Å²) in [5, 5.41) is 9.48. The minimum atomic E-state index is -0.676. The van der Waals surface area contributed by atoms with Crippen molar-refractivity contribution < 1.29 is 33.7 Å². The molecular formula is C33H42N2O7. The summed E-state index contributed by atoms with van der Waals surface area (Å²) in [6, 6.07) is 12.7. The summed E-state index contributed by atoms with van der Waals surface area (Å²) in [4.78, 5) is 39.1. The number of rotatable bonds is 13. The summed E-state index contributed by atoms with van der Waals surface area (Å²) in [6.07, 6.45) is 5.71. The van der Waals surface area contributed by atoms with Crippen molar-refractivity contribution in [3.05, 3.63) is 53.1 Å². The molecule has 5 rings (SSSR count). The van der Waals surface area contributed by atoms with Crippen LogP contribution < -0.4 is 14.2 Å². The Labute approximate surface area is 247 Å². The number of imide groups is 1. The molecule has 42 heavy (non-hydrogen) atoms. The summed E-state index contributed by atoms with van der Waals surface area (Å²) in [5.41, 5.74) is 3.62. The van der Waals surface area contributed by atoms with Gasteiger partial charge in [0.2, 0.25) is 11.8 Å². The molecule has 2 aromatic carbocycles. The Morgan fingerprint density at radius 1 is 1.05 bits per heavy atom. The van der Waals surface area contributed by atoms with Crippen molar-refractivity contribution >= 4 is 17.8 Å². The zero-order valence-corrected chi connectivity index (χ0v) is 24.7. The molecule has 226 valence electrons. The van der Waals surface area contributed by atoms with E-state index in [1.165, 1.54) is 16.0 Å². The molecule has 1 unspecified atom stereocenters. The van der Waals surface area contributed by atoms with Crippen LogP contribution in [0.2, 0.25) is 0 Å². The van der Waals surface area contributed by atoms with Crippen molar-refractivity contribution in [3.8, 4) is 17.2 Å². The highest BCUT2D eigenvalue weighted by Gasteiger charge is 2.30. The number of amides is 2. The smallest absolute Gasteiger partial charge is 0.306 e. The molecule has 2 amide bonds. The zero-order chi connectivity index (χ0) is 29.6. The van der Waals surface area contributed by atoms with E-state index in [2.05, 4.69) is 30.0 Å². The number of benzene rings is 2. The van der Waals surface area contributed by atoms with Gasteiger partial charge >= 0.3 is 5.97 Å². The minimum absolute atomic E-state index is 0.149. The average Bonchev–Trinajstić information content (AvgIpc) is 3.59. The van der Waals surface area contributed by atoms with Crippen molar-refractivity contribution in [2.24, 2.45) is 11.8 Å². The second-order valence-electron chi connectivity index (χ2n) is 11.6. The van der Waals surface area contributed by atoms with E-state index in [1.807, 2.05) is 18.2 Å². The van der Waals surface area contributed by atoms with Crippen LogP contribution in [0, 0.1) is 11.8 Å². The standard InChI is InChI=1S/C33H42N2O7/c1-3-27(25-9-11-28-26(19-25)14-16-41-28)34(20-22-4-7-24(8-5-22)33(38)39)21-23-6-10-29(30(18-23)40-2)42-17-15-35-31(36)12-13-32(35)37/h6,9-11,18-19,22,24,27H,3-5,7-8,12-17,20-21H2,1-2H3,(H,38,39). The first-order valence-corrected chi connectivity index (χ1v) is 15.2. The van der Waals surface area contributed by atoms with Crippen LogP contribution in [-0.2, 0) is 27.3 Å². The molecule has 2 fully saturated rings. The Morgan fingerprint density at radius 3 is 2.50 bits per heavy atom. The van der Waals surface area contributed by atoms with Gasteiger partial charge in [-0.1, -0.05) is 25.1 Å². The number of aliphatic carboxylic acids is 1. The monoisotopic (exact) mass is 578 g/mol. The Bertz CT molecular complexity index is 1270. The maximum Gasteiger partial charge on any atom is 0.306 e. The van der Waals surface area contributed by atoms with Crippen LogP contribution in [0.1, 0.15) is 74.6 Å². The summed E-state index contributed by atoms with van der Waals surface area (Å²) in [6.45, 7) is 4.97. The molecule has 2 aliphatic heterocycles. The third kappa shape index (κ3) is 6.89. The third-order valence-corrected chi connectivity index (χ3v) is 8.96. The lowest BCUT2D eigenvalue weighted by Crippen LogP contribution is -2.35. The number of methoxy groups -OCH3 is 1. The largest absolute Gasteiger partial charge is 0.493 e. The maximum atomic E-state index is 11.9. The highest BCUT2D eigenvalue weighted by molar-refractivity contribution is 6.01. The molecule has 1 N–H and O–H groups in total. The molecule has 0 aromatic heterocycles. The van der Waals surface area contributed by atoms with Gasteiger partial charge in [0, 0.05) is 38.4 Å². The van der Waals surface area contributed by atoms with Gasteiger partial charge in [0.15, 0.2) is 11.5 Å². The van der Waals surface area contributed by atoms with E-state index in [1.54, 1.807) is 7.11 Å². The van der Waals surface area contributed by atoms with E-state index in [-0.39, 0.29) is 49.8 Å². The van der Waals surface area contributed by atoms with Gasteiger partial charge in [0.1, 0.15) is 12.4 Å². The van der Waals surface area contributed by atoms with E-state index in [0.29, 0.717) is 24.0 Å². The summed E-state index contributed by atoms with van der Waals surface area (Å²) in [5.74, 6) is 1.39. The van der Waals surface area contributed by atoms with E-state index in [0.717, 1.165) is 63.0 Å². The predicted octanol–water partition coefficient (Wildman–Crippen LogP) is 5.00. The number of hydrogen-bond donors (Lipinski definition) is 1. The van der Waals surface area contributed by atoms with Gasteiger partial charge in [-0.2, -0.15) is 0 Å². The quantitative estimate of drug-likeness (QED) is 0.331. The second kappa shape index (κ2) is 13.6. The number of carboxylic acids is 1. The Morgan fingerprint density at radius 2 is 1.81 bits per heavy atom. The highest BCUT2D eigenvalue weighted by atomic mass is 16.5. The lowest BCUT2D eigenvalue weighted by molar-refractivity contribution is -0.143. The van der Waals surface area contributed by atoms with Gasteiger partial charge in [-0.15, -0.1) is 0 Å². The molecule has 1 saturated heterocycles. The number of hydrogen-bond acceptors (Lipinski definition) is 7. The van der Waals surface area contributed by atoms with Crippen molar-refractivity contribution in [2.75, 3.05) is 33.4 Å². The van der Waals surface area contributed by atoms with Crippen molar-refractivity contribution in [3.63, 3.8) is 0 Å². The fourth-order valence-corrected chi connectivity index (χ4v) is 6.63. The molecule has 9 heteroatoms. The topological polar surface area (TPSA) is 106 Å². The van der Waals surface area contributed by atoms with Crippen molar-refractivity contribution in [1.29, 1.82) is 0 Å². The summed E-state index contributed by atoms with van der Waals surface area (Å²) < 4.78 is 17.4. The van der Waals surface area contributed by atoms with Crippen LogP contribution in [0.4, 0.5) is 0 Å². The van der Waals surface area contributed by atoms with E-state index >= 15 is 0 Å². The van der Waals surface area contributed by atoms with E-state index in [4.69, 9.17) is 14.2 Å². The third-order valence-electron chi connectivity index (χ3n) is 8.96. The highest BCUT2D eigenvalue weighted by Crippen LogP contribution is 2.37. The number of fused-ring (bicyclic) bond motifs is 1. The number of nitrogens with zero attached hydrogens (tertiary/aromatic N) is 2. The van der Waals surface area contributed by atoms with Crippen LogP contribution >= 0.6 is 0 Å². The van der Waals surface area contributed by atoms with E-state index < -0.39 is 5.97 Å². The van der Waals surface area contributed by atoms with Gasteiger partial charge in [0.05, 0.1) is 26.2 Å². The lowest BCUT2D eigenvalue weighted by atomic mass is 9.81. The summed E-state index contributed by atoms with van der Waals surface area (Å²) in [7, 11) is 1.61. The van der Waals surface area contributed by atoms with Gasteiger partial charge in [-0.3, -0.25) is 24.2 Å². The molecule has 2 heterocycles. The molecule has 0 radical (unpaired) electrons. The minimum Gasteiger partial charge on any atom is -0.493 e. The first kappa shape index (κ1) is 29.9. The first-order valence-electron chi connectivity index (χ1n) is 15.2. The number of carbonyl (C=O) groups is 3. The average molecular weight is 579 g/mol. The number of carbonyl (C=O) groups excluding carboxylic acids is 2. The van der Waals surface area contributed by atoms with Crippen molar-refractivity contribution in [1.82, 2.24) is 9.80 Å². The molecule has 9 nitrogen and oxygen atoms in total. The van der Waals surface area contributed by atoms with Crippen LogP contribution in [0.5, 0.6) is 17.2 Å². The fourth-order valence-electron chi connectivity index (χ4n) is 6.63. The lowest BCUT2D eigenvalue weighted by Gasteiger charge is -2.37. The Balaban J connectivity index is 1.31. The van der Waals surface area contributed by atoms with Gasteiger partial charge in [-0.25, -0.2) is 0 Å². The van der Waals surface area contributed by atoms with Crippen LogP contribution in [0.15, 0.2) is 36.4 Å². The molecular weight excluding hydrogens is 536 g/mol. The number of likely N-dealkylation sites (tertiary alicyclic amines) is 1. The predicted molar refractivity (Wildman–Crippen MR) is 157 cm³/mol. The van der Waals surface area contributed by atoms with Gasteiger partial charge < -0.3 is 19.3 Å². The Hall–Kier alpha value is -3.59. The molecule has 1 atom stereocenters.